The Labute approximate surface area is 115 Å². The third-order valence-corrected chi connectivity index (χ3v) is 4.34. The van der Waals surface area contributed by atoms with Gasteiger partial charge >= 0.3 is 5.97 Å². The van der Waals surface area contributed by atoms with E-state index >= 15 is 0 Å². The molecule has 0 bridgehead atoms. The van der Waals surface area contributed by atoms with Crippen LogP contribution in [0.4, 0.5) is 0 Å². The lowest BCUT2D eigenvalue weighted by atomic mass is 9.96. The Balaban J connectivity index is 3.74. The van der Waals surface area contributed by atoms with E-state index < -0.39 is 5.54 Å². The lowest BCUT2D eigenvalue weighted by Gasteiger charge is -2.22. The van der Waals surface area contributed by atoms with Gasteiger partial charge in [0.05, 0.1) is 12.7 Å². The molecule has 108 valence electrons. The van der Waals surface area contributed by atoms with Gasteiger partial charge in [0.1, 0.15) is 5.54 Å². The number of aliphatic hydroxyl groups is 1. The van der Waals surface area contributed by atoms with Crippen molar-refractivity contribution in [3.63, 3.8) is 0 Å². The Kier molecular flexibility index (Phi) is 8.65. The lowest BCUT2D eigenvalue weighted by molar-refractivity contribution is -0.149. The number of ether oxygens (including phenoxy) is 1. The molecule has 3 atom stereocenters. The van der Waals surface area contributed by atoms with Crippen LogP contribution in [0, 0.1) is 0 Å². The topological polar surface area (TPSA) is 72.5 Å². The Morgan fingerprint density at radius 2 is 2.06 bits per heavy atom. The number of hydrogen-bond donors (Lipinski definition) is 2. The molecule has 0 rings (SSSR count). The Morgan fingerprint density at radius 1 is 1.44 bits per heavy atom. The number of thioether (sulfide) groups is 1. The van der Waals surface area contributed by atoms with E-state index in [0.29, 0.717) is 13.0 Å². The number of carbonyl (C=O) groups excluding carboxylic acids is 1. The van der Waals surface area contributed by atoms with Crippen LogP contribution >= 0.6 is 11.8 Å². The molecule has 0 fully saturated rings. The first-order chi connectivity index (χ1) is 8.31. The molecule has 0 saturated carbocycles. The number of hydrogen-bond acceptors (Lipinski definition) is 5. The fraction of sp³-hybridized carbons (Fsp3) is 0.923. The summed E-state index contributed by atoms with van der Waals surface area (Å²) in [6.45, 7) is 7.68. The first kappa shape index (κ1) is 17.7. The van der Waals surface area contributed by atoms with Crippen molar-refractivity contribution in [3.05, 3.63) is 0 Å². The number of carbonyl (C=O) groups is 1. The summed E-state index contributed by atoms with van der Waals surface area (Å²) in [6, 6.07) is 0. The van der Waals surface area contributed by atoms with Gasteiger partial charge in [-0.1, -0.05) is 13.3 Å². The predicted molar refractivity (Wildman–Crippen MR) is 76.7 cm³/mol. The van der Waals surface area contributed by atoms with E-state index in [-0.39, 0.29) is 17.3 Å². The van der Waals surface area contributed by atoms with E-state index in [9.17, 15) is 9.90 Å². The second-order valence-electron chi connectivity index (χ2n) is 4.91. The van der Waals surface area contributed by atoms with Gasteiger partial charge in [-0.05, 0) is 39.4 Å². The van der Waals surface area contributed by atoms with Crippen molar-refractivity contribution in [2.45, 2.75) is 63.9 Å². The SMILES string of the molecule is CCOC(=O)C(C)(N)CCCCSC(C)C(C)O. The number of rotatable bonds is 9. The summed E-state index contributed by atoms with van der Waals surface area (Å²) in [5.74, 6) is 0.653. The third-order valence-electron chi connectivity index (χ3n) is 2.89. The molecule has 0 heterocycles. The van der Waals surface area contributed by atoms with Crippen LogP contribution in [0.5, 0.6) is 0 Å². The molecule has 3 unspecified atom stereocenters. The van der Waals surface area contributed by atoms with Crippen molar-refractivity contribution in [1.82, 2.24) is 0 Å². The summed E-state index contributed by atoms with van der Waals surface area (Å²) in [7, 11) is 0. The molecule has 0 spiro atoms. The summed E-state index contributed by atoms with van der Waals surface area (Å²) in [4.78, 5) is 11.5. The highest BCUT2D eigenvalue weighted by molar-refractivity contribution is 7.99. The van der Waals surface area contributed by atoms with Crippen LogP contribution in [0.3, 0.4) is 0 Å². The van der Waals surface area contributed by atoms with Gasteiger partial charge < -0.3 is 15.6 Å². The summed E-state index contributed by atoms with van der Waals surface area (Å²) in [5, 5.41) is 9.59. The second-order valence-corrected chi connectivity index (χ2v) is 6.40. The Morgan fingerprint density at radius 3 is 2.56 bits per heavy atom. The zero-order valence-electron chi connectivity index (χ0n) is 11.9. The van der Waals surface area contributed by atoms with Crippen molar-refractivity contribution in [3.8, 4) is 0 Å². The number of aliphatic hydroxyl groups excluding tert-OH is 1. The molecular formula is C13H27NO3S. The van der Waals surface area contributed by atoms with E-state index in [1.165, 1.54) is 0 Å². The van der Waals surface area contributed by atoms with Gasteiger partial charge in [0.2, 0.25) is 0 Å². The van der Waals surface area contributed by atoms with Crippen LogP contribution in [0.2, 0.25) is 0 Å². The fourth-order valence-electron chi connectivity index (χ4n) is 1.40. The molecule has 0 aliphatic rings. The monoisotopic (exact) mass is 277 g/mol. The zero-order valence-corrected chi connectivity index (χ0v) is 12.8. The molecule has 0 aromatic carbocycles. The Hall–Kier alpha value is -0.260. The summed E-state index contributed by atoms with van der Waals surface area (Å²) in [5.41, 5.74) is 5.04. The predicted octanol–water partition coefficient (Wildman–Crippen LogP) is 1.94. The summed E-state index contributed by atoms with van der Waals surface area (Å²) >= 11 is 1.75. The van der Waals surface area contributed by atoms with Gasteiger partial charge in [-0.3, -0.25) is 4.79 Å². The van der Waals surface area contributed by atoms with Crippen LogP contribution in [0.25, 0.3) is 0 Å². The minimum absolute atomic E-state index is 0.249. The van der Waals surface area contributed by atoms with E-state index in [1.54, 1.807) is 32.5 Å². The normalized spacial score (nSPS) is 17.9. The van der Waals surface area contributed by atoms with Gasteiger partial charge in [-0.15, -0.1) is 0 Å². The average Bonchev–Trinajstić information content (AvgIpc) is 2.28. The highest BCUT2D eigenvalue weighted by atomic mass is 32.2. The second kappa shape index (κ2) is 8.77. The van der Waals surface area contributed by atoms with Crippen molar-refractivity contribution in [1.29, 1.82) is 0 Å². The smallest absolute Gasteiger partial charge is 0.325 e. The summed E-state index contributed by atoms with van der Waals surface area (Å²) < 4.78 is 4.93. The maximum absolute atomic E-state index is 11.5. The Bertz CT molecular complexity index is 244. The van der Waals surface area contributed by atoms with Crippen LogP contribution < -0.4 is 5.73 Å². The highest BCUT2D eigenvalue weighted by Gasteiger charge is 2.28. The third kappa shape index (κ3) is 7.24. The van der Waals surface area contributed by atoms with Gasteiger partial charge in [-0.25, -0.2) is 0 Å². The maximum Gasteiger partial charge on any atom is 0.325 e. The summed E-state index contributed by atoms with van der Waals surface area (Å²) in [6.07, 6.45) is 2.24. The molecule has 0 amide bonds. The molecule has 0 saturated heterocycles. The largest absolute Gasteiger partial charge is 0.465 e. The fourth-order valence-corrected chi connectivity index (χ4v) is 2.42. The molecule has 0 aromatic rings. The lowest BCUT2D eigenvalue weighted by Crippen LogP contribution is -2.46. The first-order valence-corrected chi connectivity index (χ1v) is 7.62. The van der Waals surface area contributed by atoms with E-state index in [0.717, 1.165) is 18.6 Å². The highest BCUT2D eigenvalue weighted by Crippen LogP contribution is 2.18. The first-order valence-electron chi connectivity index (χ1n) is 6.57. The number of unbranched alkanes of at least 4 members (excludes halogenated alkanes) is 1. The van der Waals surface area contributed by atoms with Gasteiger partial charge in [0, 0.05) is 5.25 Å². The van der Waals surface area contributed by atoms with Crippen LogP contribution in [-0.2, 0) is 9.53 Å². The van der Waals surface area contributed by atoms with Crippen molar-refractivity contribution in [2.75, 3.05) is 12.4 Å². The minimum Gasteiger partial charge on any atom is -0.465 e. The molecule has 0 aliphatic heterocycles. The molecule has 3 N–H and O–H groups in total. The molecule has 5 heteroatoms. The zero-order chi connectivity index (χ0) is 14.2. The quantitative estimate of drug-likeness (QED) is 0.498. The van der Waals surface area contributed by atoms with Crippen LogP contribution in [0.1, 0.15) is 47.0 Å². The van der Waals surface area contributed by atoms with Crippen molar-refractivity contribution >= 4 is 17.7 Å². The average molecular weight is 277 g/mol. The van der Waals surface area contributed by atoms with Crippen LogP contribution in [-0.4, -0.2) is 40.3 Å². The van der Waals surface area contributed by atoms with E-state index in [1.807, 2.05) is 6.92 Å². The number of nitrogens with two attached hydrogens (primary N) is 1. The van der Waals surface area contributed by atoms with Gasteiger partial charge in [0.25, 0.3) is 0 Å². The maximum atomic E-state index is 11.5. The number of esters is 1. The molecule has 0 radical (unpaired) electrons. The van der Waals surface area contributed by atoms with Crippen molar-refractivity contribution in [2.24, 2.45) is 5.73 Å². The molecule has 0 aliphatic carbocycles. The van der Waals surface area contributed by atoms with Gasteiger partial charge in [-0.2, -0.15) is 11.8 Å². The molecule has 4 nitrogen and oxygen atoms in total. The van der Waals surface area contributed by atoms with Crippen LogP contribution in [0.15, 0.2) is 0 Å². The molecule has 18 heavy (non-hydrogen) atoms. The standard InChI is InChI=1S/C13H27NO3S/c1-5-17-12(16)13(4,14)8-6-7-9-18-11(3)10(2)15/h10-11,15H,5-9,14H2,1-4H3. The minimum atomic E-state index is -0.878. The molecule has 0 aromatic heterocycles. The van der Waals surface area contributed by atoms with Crippen molar-refractivity contribution < 1.29 is 14.6 Å². The van der Waals surface area contributed by atoms with E-state index in [2.05, 4.69) is 0 Å². The van der Waals surface area contributed by atoms with Gasteiger partial charge in [0.15, 0.2) is 0 Å². The van der Waals surface area contributed by atoms with E-state index in [4.69, 9.17) is 10.5 Å². The molecular weight excluding hydrogens is 250 g/mol.